The van der Waals surface area contributed by atoms with Gasteiger partial charge in [-0.25, -0.2) is 9.67 Å². The van der Waals surface area contributed by atoms with Crippen molar-refractivity contribution in [3.8, 4) is 5.69 Å². The average molecular weight is 338 g/mol. The fourth-order valence-electron chi connectivity index (χ4n) is 2.66. The van der Waals surface area contributed by atoms with Gasteiger partial charge in [0.25, 0.3) is 11.8 Å². The second-order valence-corrected chi connectivity index (χ2v) is 5.55. The Morgan fingerprint density at radius 2 is 1.88 bits per heavy atom. The highest BCUT2D eigenvalue weighted by molar-refractivity contribution is 5.96. The summed E-state index contributed by atoms with van der Waals surface area (Å²) in [5.74, 6) is -0.766. The van der Waals surface area contributed by atoms with E-state index in [1.807, 2.05) is 48.7 Å². The van der Waals surface area contributed by atoms with E-state index in [0.717, 1.165) is 17.1 Å². The molecule has 0 aliphatic rings. The first-order chi connectivity index (χ1) is 12.1. The van der Waals surface area contributed by atoms with E-state index in [2.05, 4.69) is 20.9 Å². The molecule has 1 aromatic carbocycles. The van der Waals surface area contributed by atoms with Crippen molar-refractivity contribution in [2.75, 3.05) is 0 Å². The minimum atomic E-state index is -0.393. The number of amides is 2. The maximum absolute atomic E-state index is 12.4. The molecule has 0 saturated heterocycles. The molecule has 0 aliphatic heterocycles. The molecule has 2 amide bonds. The van der Waals surface area contributed by atoms with Crippen molar-refractivity contribution in [1.82, 2.24) is 30.2 Å². The van der Waals surface area contributed by atoms with Gasteiger partial charge in [0.05, 0.1) is 5.56 Å². The van der Waals surface area contributed by atoms with Crippen LogP contribution in [-0.2, 0) is 11.3 Å². The second-order valence-electron chi connectivity index (χ2n) is 5.55. The van der Waals surface area contributed by atoms with Gasteiger partial charge in [-0.3, -0.25) is 20.4 Å². The Kier molecular flexibility index (Phi) is 4.60. The molecule has 0 saturated carbocycles. The van der Waals surface area contributed by atoms with Gasteiger partial charge in [-0.05, 0) is 32.0 Å². The zero-order valence-corrected chi connectivity index (χ0v) is 13.9. The molecule has 2 N–H and O–H groups in total. The van der Waals surface area contributed by atoms with Crippen LogP contribution in [0.25, 0.3) is 5.69 Å². The van der Waals surface area contributed by atoms with Crippen LogP contribution in [0, 0.1) is 13.8 Å². The van der Waals surface area contributed by atoms with E-state index in [9.17, 15) is 9.59 Å². The van der Waals surface area contributed by atoms with Crippen molar-refractivity contribution in [3.05, 3.63) is 66.0 Å². The Bertz CT molecular complexity index is 884. The highest BCUT2D eigenvalue weighted by atomic mass is 16.2. The predicted octanol–water partition coefficient (Wildman–Crippen LogP) is 1.15. The summed E-state index contributed by atoms with van der Waals surface area (Å²) in [5, 5.41) is 3.83. The summed E-state index contributed by atoms with van der Waals surface area (Å²) < 4.78 is 3.36. The van der Waals surface area contributed by atoms with E-state index in [0.29, 0.717) is 5.56 Å². The minimum absolute atomic E-state index is 0.0245. The maximum Gasteiger partial charge on any atom is 0.271 e. The molecule has 8 nitrogen and oxygen atoms in total. The second kappa shape index (κ2) is 7.00. The number of hydrogen-bond donors (Lipinski definition) is 2. The summed E-state index contributed by atoms with van der Waals surface area (Å²) in [6.45, 7) is 3.77. The van der Waals surface area contributed by atoms with Crippen LogP contribution in [0.4, 0.5) is 0 Å². The van der Waals surface area contributed by atoms with Gasteiger partial charge in [0.1, 0.15) is 19.2 Å². The normalized spacial score (nSPS) is 10.5. The number of para-hydroxylation sites is 1. The highest BCUT2D eigenvalue weighted by Gasteiger charge is 2.17. The first-order valence-corrected chi connectivity index (χ1v) is 7.72. The lowest BCUT2D eigenvalue weighted by molar-refractivity contribution is -0.122. The van der Waals surface area contributed by atoms with Gasteiger partial charge in [-0.2, -0.15) is 5.10 Å². The molecule has 0 fully saturated rings. The van der Waals surface area contributed by atoms with Crippen LogP contribution in [-0.4, -0.2) is 31.1 Å². The van der Waals surface area contributed by atoms with Gasteiger partial charge >= 0.3 is 0 Å². The van der Waals surface area contributed by atoms with Gasteiger partial charge < -0.3 is 4.57 Å². The van der Waals surface area contributed by atoms with Crippen molar-refractivity contribution in [2.45, 2.75) is 20.4 Å². The summed E-state index contributed by atoms with van der Waals surface area (Å²) in [5.41, 5.74) is 8.02. The lowest BCUT2D eigenvalue weighted by atomic mass is 10.2. The molecule has 3 aromatic rings. The van der Waals surface area contributed by atoms with E-state index in [-0.39, 0.29) is 12.5 Å². The Balaban J connectivity index is 1.69. The fourth-order valence-corrected chi connectivity index (χ4v) is 2.66. The van der Waals surface area contributed by atoms with Crippen molar-refractivity contribution in [1.29, 1.82) is 0 Å². The third kappa shape index (κ3) is 3.57. The average Bonchev–Trinajstić information content (AvgIpc) is 3.21. The standard InChI is InChI=1S/C17H18N6O2/c1-12-8-15(13(2)23(12)14-6-4-3-5-7-14)17(25)21-20-16(24)9-22-11-18-10-19-22/h3-8,10-11H,9H2,1-2H3,(H,20,24)(H,21,25). The summed E-state index contributed by atoms with van der Waals surface area (Å²) in [6, 6.07) is 11.6. The van der Waals surface area contributed by atoms with E-state index in [1.54, 1.807) is 6.07 Å². The molecule has 25 heavy (non-hydrogen) atoms. The summed E-state index contributed by atoms with van der Waals surface area (Å²) >= 11 is 0. The summed E-state index contributed by atoms with van der Waals surface area (Å²) in [4.78, 5) is 28.0. The van der Waals surface area contributed by atoms with E-state index >= 15 is 0 Å². The van der Waals surface area contributed by atoms with Crippen LogP contribution in [0.5, 0.6) is 0 Å². The lowest BCUT2D eigenvalue weighted by Crippen LogP contribution is -2.43. The molecule has 2 heterocycles. The van der Waals surface area contributed by atoms with Crippen LogP contribution in [0.2, 0.25) is 0 Å². The first kappa shape index (κ1) is 16.4. The van der Waals surface area contributed by atoms with E-state index in [4.69, 9.17) is 0 Å². The maximum atomic E-state index is 12.4. The number of aromatic nitrogens is 4. The third-order valence-electron chi connectivity index (χ3n) is 3.78. The Hall–Kier alpha value is -3.42. The van der Waals surface area contributed by atoms with Crippen LogP contribution in [0.1, 0.15) is 21.7 Å². The lowest BCUT2D eigenvalue weighted by Gasteiger charge is -2.10. The quantitative estimate of drug-likeness (QED) is 0.698. The Morgan fingerprint density at radius 3 is 2.56 bits per heavy atom. The molecule has 0 bridgehead atoms. The number of nitrogens with one attached hydrogen (secondary N) is 2. The molecule has 128 valence electrons. The third-order valence-corrected chi connectivity index (χ3v) is 3.78. The van der Waals surface area contributed by atoms with Crippen LogP contribution in [0.3, 0.4) is 0 Å². The number of carbonyl (C=O) groups excluding carboxylic acids is 2. The van der Waals surface area contributed by atoms with Gasteiger partial charge in [0.2, 0.25) is 0 Å². The zero-order chi connectivity index (χ0) is 17.8. The van der Waals surface area contributed by atoms with Gasteiger partial charge in [0.15, 0.2) is 0 Å². The molecular weight excluding hydrogens is 320 g/mol. The molecule has 8 heteroatoms. The van der Waals surface area contributed by atoms with Crippen LogP contribution < -0.4 is 10.9 Å². The molecule has 0 unspecified atom stereocenters. The fraction of sp³-hybridized carbons (Fsp3) is 0.176. The zero-order valence-electron chi connectivity index (χ0n) is 13.9. The van der Waals surface area contributed by atoms with Gasteiger partial charge in [-0.15, -0.1) is 0 Å². The van der Waals surface area contributed by atoms with Crippen molar-refractivity contribution in [2.24, 2.45) is 0 Å². The Morgan fingerprint density at radius 1 is 1.12 bits per heavy atom. The van der Waals surface area contributed by atoms with Gasteiger partial charge in [-0.1, -0.05) is 18.2 Å². The number of benzene rings is 1. The molecule has 0 aliphatic carbocycles. The summed E-state index contributed by atoms with van der Waals surface area (Å²) in [6.07, 6.45) is 2.76. The molecule has 0 atom stereocenters. The number of rotatable bonds is 4. The Labute approximate surface area is 144 Å². The number of aryl methyl sites for hydroxylation is 1. The monoisotopic (exact) mass is 338 g/mol. The van der Waals surface area contributed by atoms with Crippen molar-refractivity contribution < 1.29 is 9.59 Å². The minimum Gasteiger partial charge on any atom is -0.318 e. The van der Waals surface area contributed by atoms with Crippen molar-refractivity contribution >= 4 is 11.8 Å². The largest absolute Gasteiger partial charge is 0.318 e. The number of hydrogen-bond acceptors (Lipinski definition) is 4. The van der Waals surface area contributed by atoms with E-state index in [1.165, 1.54) is 17.3 Å². The summed E-state index contributed by atoms with van der Waals surface area (Å²) in [7, 11) is 0. The molecule has 3 rings (SSSR count). The van der Waals surface area contributed by atoms with E-state index < -0.39 is 5.91 Å². The van der Waals surface area contributed by atoms with Crippen LogP contribution in [0.15, 0.2) is 49.1 Å². The molecule has 0 radical (unpaired) electrons. The number of nitrogens with zero attached hydrogens (tertiary/aromatic N) is 4. The smallest absolute Gasteiger partial charge is 0.271 e. The predicted molar refractivity (Wildman–Crippen MR) is 90.9 cm³/mol. The SMILES string of the molecule is Cc1cc(C(=O)NNC(=O)Cn2cncn2)c(C)n1-c1ccccc1. The van der Waals surface area contributed by atoms with Crippen LogP contribution >= 0.6 is 0 Å². The number of carbonyl (C=O) groups is 2. The topological polar surface area (TPSA) is 93.8 Å². The molecule has 0 spiro atoms. The van der Waals surface area contributed by atoms with Crippen molar-refractivity contribution in [3.63, 3.8) is 0 Å². The highest BCUT2D eigenvalue weighted by Crippen LogP contribution is 2.20. The molecule has 2 aromatic heterocycles. The number of hydrazine groups is 1. The van der Waals surface area contributed by atoms with Gasteiger partial charge in [0, 0.05) is 17.1 Å². The molecular formula is C17H18N6O2. The first-order valence-electron chi connectivity index (χ1n) is 7.72.